The van der Waals surface area contributed by atoms with Gasteiger partial charge in [0.2, 0.25) is 0 Å². The van der Waals surface area contributed by atoms with E-state index in [1.165, 1.54) is 0 Å². The van der Waals surface area contributed by atoms with Gasteiger partial charge in [-0.05, 0) is 18.4 Å². The van der Waals surface area contributed by atoms with E-state index in [0.29, 0.717) is 5.56 Å². The monoisotopic (exact) mass is 304 g/mol. The fraction of sp³-hybridized carbons (Fsp3) is 0.438. The minimum atomic E-state index is -1.44. The molecule has 0 aliphatic carbocycles. The first-order valence-corrected chi connectivity index (χ1v) is 6.92. The second kappa shape index (κ2) is 7.57. The van der Waals surface area contributed by atoms with Crippen molar-refractivity contribution in [3.63, 3.8) is 0 Å². The van der Waals surface area contributed by atoms with E-state index in [1.807, 2.05) is 6.07 Å². The summed E-state index contributed by atoms with van der Waals surface area (Å²) in [6.07, 6.45) is -1.44. The summed E-state index contributed by atoms with van der Waals surface area (Å²) in [5.74, 6) is -1.61. The number of aliphatic hydroxyl groups excluding tert-OH is 1. The van der Waals surface area contributed by atoms with Gasteiger partial charge in [0.05, 0.1) is 6.07 Å². The number of benzene rings is 1. The molecule has 0 fully saturated rings. The predicted molar refractivity (Wildman–Crippen MR) is 79.4 cm³/mol. The van der Waals surface area contributed by atoms with Gasteiger partial charge in [-0.3, -0.25) is 4.79 Å². The Labute approximate surface area is 129 Å². The van der Waals surface area contributed by atoms with Crippen molar-refractivity contribution in [2.24, 2.45) is 5.92 Å². The summed E-state index contributed by atoms with van der Waals surface area (Å²) >= 11 is 0. The highest BCUT2D eigenvalue weighted by Crippen LogP contribution is 2.16. The van der Waals surface area contributed by atoms with Crippen molar-refractivity contribution < 1.29 is 19.4 Å². The highest BCUT2D eigenvalue weighted by Gasteiger charge is 2.30. The number of carbonyl (C=O) groups is 2. The number of nitrogens with zero attached hydrogens (tertiary/aromatic N) is 1. The highest BCUT2D eigenvalue weighted by molar-refractivity contribution is 5.83. The number of amides is 1. The highest BCUT2D eigenvalue weighted by atomic mass is 16.5. The zero-order chi connectivity index (χ0) is 16.8. The third-order valence-electron chi connectivity index (χ3n) is 3.47. The van der Waals surface area contributed by atoms with Gasteiger partial charge in [-0.15, -0.1) is 0 Å². The van der Waals surface area contributed by atoms with E-state index in [-0.39, 0.29) is 5.92 Å². The molecule has 118 valence electrons. The van der Waals surface area contributed by atoms with E-state index in [9.17, 15) is 14.7 Å². The van der Waals surface area contributed by atoms with Crippen LogP contribution in [0.1, 0.15) is 32.4 Å². The van der Waals surface area contributed by atoms with Gasteiger partial charge in [0.25, 0.3) is 5.91 Å². The van der Waals surface area contributed by atoms with E-state index in [0.717, 1.165) is 0 Å². The van der Waals surface area contributed by atoms with Gasteiger partial charge in [0.1, 0.15) is 5.54 Å². The summed E-state index contributed by atoms with van der Waals surface area (Å²) in [5, 5.41) is 21.4. The van der Waals surface area contributed by atoms with Crippen LogP contribution in [-0.2, 0) is 14.3 Å². The standard InChI is InChI=1S/C16H20N2O4/c1-11(2)16(3,10-17)18-13(19)9-22-15(21)14(20)12-7-5-4-6-8-12/h4-8,11,14,20H,9H2,1-3H3,(H,18,19)/t14-,16-/m0/s1. The van der Waals surface area contributed by atoms with Gasteiger partial charge in [0.15, 0.2) is 12.7 Å². The van der Waals surface area contributed by atoms with E-state index in [4.69, 9.17) is 10.00 Å². The number of rotatable bonds is 6. The molecule has 0 radical (unpaired) electrons. The van der Waals surface area contributed by atoms with Crippen molar-refractivity contribution in [2.75, 3.05) is 6.61 Å². The van der Waals surface area contributed by atoms with Gasteiger partial charge in [-0.25, -0.2) is 4.79 Å². The fourth-order valence-corrected chi connectivity index (χ4v) is 1.61. The molecule has 0 spiro atoms. The molecule has 0 bridgehead atoms. The lowest BCUT2D eigenvalue weighted by atomic mass is 9.90. The quantitative estimate of drug-likeness (QED) is 0.772. The number of esters is 1. The SMILES string of the molecule is CC(C)[C@](C)(C#N)NC(=O)COC(=O)[C@@H](O)c1ccccc1. The number of hydrogen-bond acceptors (Lipinski definition) is 5. The minimum absolute atomic E-state index is 0.105. The average Bonchev–Trinajstić information content (AvgIpc) is 2.52. The van der Waals surface area contributed by atoms with Gasteiger partial charge in [-0.2, -0.15) is 5.26 Å². The van der Waals surface area contributed by atoms with E-state index in [2.05, 4.69) is 5.32 Å². The summed E-state index contributed by atoms with van der Waals surface area (Å²) in [4.78, 5) is 23.5. The van der Waals surface area contributed by atoms with Crippen LogP contribution >= 0.6 is 0 Å². The molecular weight excluding hydrogens is 284 g/mol. The van der Waals surface area contributed by atoms with Crippen LogP contribution in [0.5, 0.6) is 0 Å². The molecule has 0 heterocycles. The van der Waals surface area contributed by atoms with Crippen molar-refractivity contribution in [3.8, 4) is 6.07 Å². The lowest BCUT2D eigenvalue weighted by molar-refractivity contribution is -0.157. The number of carbonyl (C=O) groups excluding carboxylic acids is 2. The Morgan fingerprint density at radius 1 is 1.36 bits per heavy atom. The summed E-state index contributed by atoms with van der Waals surface area (Å²) in [7, 11) is 0. The van der Waals surface area contributed by atoms with E-state index >= 15 is 0 Å². The molecular formula is C16H20N2O4. The first-order valence-electron chi connectivity index (χ1n) is 6.92. The molecule has 0 saturated carbocycles. The number of hydrogen-bond donors (Lipinski definition) is 2. The van der Waals surface area contributed by atoms with Crippen molar-refractivity contribution in [3.05, 3.63) is 35.9 Å². The zero-order valence-electron chi connectivity index (χ0n) is 12.9. The van der Waals surface area contributed by atoms with Crippen LogP contribution < -0.4 is 5.32 Å². The first kappa shape index (κ1) is 17.7. The number of nitriles is 1. The normalized spacial score (nSPS) is 14.5. The predicted octanol–water partition coefficient (Wildman–Crippen LogP) is 1.32. The smallest absolute Gasteiger partial charge is 0.340 e. The molecule has 1 aromatic rings. The summed E-state index contributed by atoms with van der Waals surface area (Å²) in [6, 6.07) is 10.3. The molecule has 2 N–H and O–H groups in total. The maximum atomic E-state index is 11.8. The van der Waals surface area contributed by atoms with Crippen LogP contribution in [-0.4, -0.2) is 29.1 Å². The molecule has 0 aliphatic heterocycles. The Morgan fingerprint density at radius 3 is 2.45 bits per heavy atom. The third kappa shape index (κ3) is 4.57. The van der Waals surface area contributed by atoms with E-state index in [1.54, 1.807) is 51.1 Å². The lowest BCUT2D eigenvalue weighted by Gasteiger charge is -2.27. The molecule has 2 atom stereocenters. The maximum Gasteiger partial charge on any atom is 0.340 e. The molecule has 1 amide bonds. The van der Waals surface area contributed by atoms with Crippen LogP contribution in [0, 0.1) is 17.2 Å². The second-order valence-corrected chi connectivity index (χ2v) is 5.44. The van der Waals surface area contributed by atoms with Crippen LogP contribution in [0.4, 0.5) is 0 Å². The number of ether oxygens (including phenoxy) is 1. The molecule has 0 unspecified atom stereocenters. The molecule has 6 heteroatoms. The molecule has 0 saturated heterocycles. The molecule has 1 aromatic carbocycles. The summed E-state index contributed by atoms with van der Waals surface area (Å²) in [5.41, 5.74) is -0.654. The van der Waals surface area contributed by atoms with E-state index < -0.39 is 30.1 Å². The Kier molecular flexibility index (Phi) is 6.08. The number of aliphatic hydroxyl groups is 1. The van der Waals surface area contributed by atoms with Crippen LogP contribution in [0.3, 0.4) is 0 Å². The minimum Gasteiger partial charge on any atom is -0.453 e. The Hall–Kier alpha value is -2.39. The van der Waals surface area contributed by atoms with Gasteiger partial charge in [0, 0.05) is 0 Å². The Balaban J connectivity index is 2.54. The Morgan fingerprint density at radius 2 is 1.95 bits per heavy atom. The molecule has 0 aliphatic rings. The van der Waals surface area contributed by atoms with Crippen molar-refractivity contribution >= 4 is 11.9 Å². The van der Waals surface area contributed by atoms with Crippen LogP contribution in [0.2, 0.25) is 0 Å². The second-order valence-electron chi connectivity index (χ2n) is 5.44. The number of nitrogens with one attached hydrogen (secondary N) is 1. The van der Waals surface area contributed by atoms with Gasteiger partial charge >= 0.3 is 5.97 Å². The van der Waals surface area contributed by atoms with Crippen molar-refractivity contribution in [1.29, 1.82) is 5.26 Å². The fourth-order valence-electron chi connectivity index (χ4n) is 1.61. The molecule has 1 rings (SSSR count). The zero-order valence-corrected chi connectivity index (χ0v) is 12.9. The lowest BCUT2D eigenvalue weighted by Crippen LogP contribution is -2.50. The largest absolute Gasteiger partial charge is 0.453 e. The van der Waals surface area contributed by atoms with Gasteiger partial charge in [-0.1, -0.05) is 44.2 Å². The van der Waals surface area contributed by atoms with Crippen LogP contribution in [0.15, 0.2) is 30.3 Å². The van der Waals surface area contributed by atoms with Crippen LogP contribution in [0.25, 0.3) is 0 Å². The average molecular weight is 304 g/mol. The Bertz CT molecular complexity index is 565. The van der Waals surface area contributed by atoms with Crippen molar-refractivity contribution in [2.45, 2.75) is 32.4 Å². The summed E-state index contributed by atoms with van der Waals surface area (Å²) < 4.78 is 4.78. The van der Waals surface area contributed by atoms with Crippen molar-refractivity contribution in [1.82, 2.24) is 5.32 Å². The molecule has 0 aromatic heterocycles. The molecule has 6 nitrogen and oxygen atoms in total. The first-order chi connectivity index (χ1) is 10.3. The summed E-state index contributed by atoms with van der Waals surface area (Å²) in [6.45, 7) is 4.65. The topological polar surface area (TPSA) is 99.4 Å². The van der Waals surface area contributed by atoms with Gasteiger partial charge < -0.3 is 15.2 Å². The molecule has 22 heavy (non-hydrogen) atoms. The maximum absolute atomic E-state index is 11.8. The third-order valence-corrected chi connectivity index (χ3v) is 3.47.